The smallest absolute Gasteiger partial charge is 0.408 e. The summed E-state index contributed by atoms with van der Waals surface area (Å²) in [4.78, 5) is 89.1. The third-order valence-electron chi connectivity index (χ3n) is 11.9. The van der Waals surface area contributed by atoms with Crippen LogP contribution in [0.2, 0.25) is 0 Å². The van der Waals surface area contributed by atoms with E-state index in [0.29, 0.717) is 60.4 Å². The number of fused-ring (bicyclic) bond motifs is 2. The molecule has 6 aromatic rings. The first-order valence-corrected chi connectivity index (χ1v) is 23.9. The van der Waals surface area contributed by atoms with Crippen LogP contribution in [0.15, 0.2) is 134 Å². The number of carboxylic acid groups (broad SMARTS) is 1. The number of hydrogen-bond donors (Lipinski definition) is 3. The van der Waals surface area contributed by atoms with E-state index in [2.05, 4.69) is 20.6 Å². The number of esters is 1. The van der Waals surface area contributed by atoms with E-state index >= 15 is 0 Å². The molecule has 378 valence electrons. The molecule has 8 rings (SSSR count). The summed E-state index contributed by atoms with van der Waals surface area (Å²) in [5, 5.41) is 15.4. The number of aromatic carboxylic acids is 1. The van der Waals surface area contributed by atoms with Crippen LogP contribution in [0.1, 0.15) is 84.5 Å². The molecule has 0 radical (unpaired) electrons. The number of amides is 4. The number of benzene rings is 4. The van der Waals surface area contributed by atoms with Crippen LogP contribution in [0.5, 0.6) is 0 Å². The first-order chi connectivity index (χ1) is 34.8. The summed E-state index contributed by atoms with van der Waals surface area (Å²) >= 11 is 0. The van der Waals surface area contributed by atoms with E-state index < -0.39 is 47.4 Å². The van der Waals surface area contributed by atoms with Crippen molar-refractivity contribution in [2.24, 2.45) is 0 Å². The molecule has 0 spiro atoms. The number of carboxylic acids is 1. The third kappa shape index (κ3) is 13.5. The van der Waals surface area contributed by atoms with Crippen LogP contribution in [0.4, 0.5) is 21.0 Å². The van der Waals surface area contributed by atoms with Gasteiger partial charge in [0.25, 0.3) is 0 Å². The SMILES string of the molecule is CC(C)(C)OC(=O)N[C@@H](Cc1ccccc1)C(=O)N1CCc2c(C(=O)O)cc(-c3ccncc3)cc21.COC(=O)c1cc(-c2ccncc2)cc2c1CCN2C(=O)[C@H](Cc1ccccc1)NC(=O)OC(C)(C)C. The highest BCUT2D eigenvalue weighted by molar-refractivity contribution is 6.05. The molecule has 0 aliphatic carbocycles. The molecule has 4 amide bonds. The lowest BCUT2D eigenvalue weighted by atomic mass is 9.97. The minimum atomic E-state index is -1.05. The van der Waals surface area contributed by atoms with Crippen LogP contribution in [-0.2, 0) is 49.5 Å². The fraction of sp³-hybridized carbons (Fsp3) is 0.298. The highest BCUT2D eigenvalue weighted by atomic mass is 16.6. The molecule has 2 aliphatic rings. The number of carbonyl (C=O) groups excluding carboxylic acids is 5. The predicted octanol–water partition coefficient (Wildman–Crippen LogP) is 9.03. The van der Waals surface area contributed by atoms with Crippen molar-refractivity contribution in [3.8, 4) is 22.3 Å². The Morgan fingerprint density at radius 1 is 0.562 bits per heavy atom. The summed E-state index contributed by atoms with van der Waals surface area (Å²) in [6.07, 6.45) is 6.71. The third-order valence-corrected chi connectivity index (χ3v) is 11.9. The fourth-order valence-electron chi connectivity index (χ4n) is 8.75. The summed E-state index contributed by atoms with van der Waals surface area (Å²) in [5.41, 5.74) is 6.53. The molecule has 73 heavy (non-hydrogen) atoms. The molecule has 2 atom stereocenters. The highest BCUT2D eigenvalue weighted by Crippen LogP contribution is 2.38. The van der Waals surface area contributed by atoms with Gasteiger partial charge in [-0.15, -0.1) is 0 Å². The molecule has 2 aliphatic heterocycles. The van der Waals surface area contributed by atoms with Gasteiger partial charge in [0.15, 0.2) is 0 Å². The number of ether oxygens (including phenoxy) is 3. The highest BCUT2D eigenvalue weighted by Gasteiger charge is 2.37. The Morgan fingerprint density at radius 2 is 0.945 bits per heavy atom. The Kier molecular flexibility index (Phi) is 16.4. The Morgan fingerprint density at radius 3 is 1.32 bits per heavy atom. The lowest BCUT2D eigenvalue weighted by molar-refractivity contribution is -0.121. The maximum absolute atomic E-state index is 13.9. The van der Waals surface area contributed by atoms with Gasteiger partial charge in [-0.2, -0.15) is 0 Å². The molecular formula is C57H60N6O10. The van der Waals surface area contributed by atoms with Gasteiger partial charge in [0, 0.05) is 62.1 Å². The Hall–Kier alpha value is -8.40. The summed E-state index contributed by atoms with van der Waals surface area (Å²) in [6.45, 7) is 11.3. The van der Waals surface area contributed by atoms with Crippen molar-refractivity contribution in [2.75, 3.05) is 30.0 Å². The van der Waals surface area contributed by atoms with Crippen molar-refractivity contribution in [3.63, 3.8) is 0 Å². The van der Waals surface area contributed by atoms with E-state index in [-0.39, 0.29) is 23.8 Å². The van der Waals surface area contributed by atoms with Gasteiger partial charge in [-0.25, -0.2) is 19.2 Å². The van der Waals surface area contributed by atoms with Crippen molar-refractivity contribution >= 4 is 47.3 Å². The topological polar surface area (TPSA) is 207 Å². The largest absolute Gasteiger partial charge is 0.478 e. The van der Waals surface area contributed by atoms with Gasteiger partial charge in [-0.1, -0.05) is 60.7 Å². The van der Waals surface area contributed by atoms with E-state index in [4.69, 9.17) is 14.2 Å². The van der Waals surface area contributed by atoms with Gasteiger partial charge in [-0.05, 0) is 147 Å². The zero-order valence-corrected chi connectivity index (χ0v) is 42.0. The van der Waals surface area contributed by atoms with E-state index in [1.807, 2.05) is 84.9 Å². The van der Waals surface area contributed by atoms with Crippen molar-refractivity contribution in [1.82, 2.24) is 20.6 Å². The van der Waals surface area contributed by atoms with E-state index in [1.165, 1.54) is 7.11 Å². The number of hydrogen-bond acceptors (Lipinski definition) is 11. The maximum atomic E-state index is 13.9. The van der Waals surface area contributed by atoms with Crippen LogP contribution in [0.3, 0.4) is 0 Å². The number of nitrogens with one attached hydrogen (secondary N) is 2. The Labute approximate surface area is 424 Å². The number of pyridine rings is 2. The first-order valence-electron chi connectivity index (χ1n) is 23.9. The zero-order valence-electron chi connectivity index (χ0n) is 42.0. The van der Waals surface area contributed by atoms with Gasteiger partial charge < -0.3 is 39.8 Å². The number of alkyl carbamates (subject to hydrolysis) is 2. The van der Waals surface area contributed by atoms with E-state index in [0.717, 1.165) is 33.4 Å². The van der Waals surface area contributed by atoms with Crippen molar-refractivity contribution < 1.29 is 48.1 Å². The Balaban J connectivity index is 0.000000214. The lowest BCUT2D eigenvalue weighted by Crippen LogP contribution is -2.50. The molecular weight excluding hydrogens is 929 g/mol. The minimum Gasteiger partial charge on any atom is -0.478 e. The molecule has 0 unspecified atom stereocenters. The molecule has 0 fully saturated rings. The number of anilines is 2. The van der Waals surface area contributed by atoms with E-state index in [9.17, 15) is 33.9 Å². The van der Waals surface area contributed by atoms with Crippen LogP contribution in [-0.4, -0.2) is 94.5 Å². The number of rotatable bonds is 12. The Bertz CT molecular complexity index is 2960. The number of aromatic nitrogens is 2. The van der Waals surface area contributed by atoms with Crippen LogP contribution in [0, 0.1) is 0 Å². The van der Waals surface area contributed by atoms with Crippen LogP contribution >= 0.6 is 0 Å². The maximum Gasteiger partial charge on any atom is 0.408 e. The molecule has 0 bridgehead atoms. The van der Waals surface area contributed by atoms with Crippen molar-refractivity contribution in [3.05, 3.63) is 167 Å². The number of methoxy groups -OCH3 is 1. The molecule has 16 nitrogen and oxygen atoms in total. The summed E-state index contributed by atoms with van der Waals surface area (Å²) in [7, 11) is 1.34. The monoisotopic (exact) mass is 988 g/mol. The zero-order chi connectivity index (χ0) is 52.5. The van der Waals surface area contributed by atoms with Crippen LogP contribution < -0.4 is 20.4 Å². The normalized spacial score (nSPS) is 13.5. The van der Waals surface area contributed by atoms with Gasteiger partial charge in [0.2, 0.25) is 11.8 Å². The predicted molar refractivity (Wildman–Crippen MR) is 276 cm³/mol. The number of carbonyl (C=O) groups is 6. The molecule has 4 aromatic carbocycles. The summed E-state index contributed by atoms with van der Waals surface area (Å²) in [5.74, 6) is -2.12. The van der Waals surface area contributed by atoms with Gasteiger partial charge in [0.1, 0.15) is 23.3 Å². The minimum absolute atomic E-state index is 0.161. The van der Waals surface area contributed by atoms with Gasteiger partial charge >= 0.3 is 24.1 Å². The lowest BCUT2D eigenvalue weighted by Gasteiger charge is -2.27. The summed E-state index contributed by atoms with van der Waals surface area (Å²) < 4.78 is 15.9. The average molecular weight is 989 g/mol. The molecule has 16 heteroatoms. The molecule has 0 saturated heterocycles. The second kappa shape index (κ2) is 22.8. The van der Waals surface area contributed by atoms with Gasteiger partial charge in [0.05, 0.1) is 18.2 Å². The molecule has 2 aromatic heterocycles. The summed E-state index contributed by atoms with van der Waals surface area (Å²) in [6, 6.07) is 31.5. The van der Waals surface area contributed by atoms with Gasteiger partial charge in [-0.3, -0.25) is 19.6 Å². The molecule has 3 N–H and O–H groups in total. The first kappa shape index (κ1) is 52.4. The van der Waals surface area contributed by atoms with Crippen LogP contribution in [0.25, 0.3) is 22.3 Å². The average Bonchev–Trinajstić information content (AvgIpc) is 4.00. The van der Waals surface area contributed by atoms with E-state index in [1.54, 1.807) is 100 Å². The quantitative estimate of drug-likeness (QED) is 0.0776. The second-order valence-corrected chi connectivity index (χ2v) is 19.6. The second-order valence-electron chi connectivity index (χ2n) is 19.6. The fourth-order valence-corrected chi connectivity index (χ4v) is 8.75. The standard InChI is InChI=1S/C29H31N3O5.C28H29N3O5/c1-29(2,3)37-28(35)31-24(16-19-8-6-5-7-9-19)26(33)32-15-12-22-23(27(34)36-4)17-21(18-25(22)32)20-10-13-30-14-11-20;1-28(2,3)36-27(35)30-23(15-18-7-5-4-6-8-18)25(32)31-14-11-21-22(26(33)34)16-20(17-24(21)31)19-9-12-29-13-10-19/h5-11,13-14,17-18,24H,12,15-16H2,1-4H3,(H,31,35);4-10,12-13,16-17,23H,11,14-15H2,1-3H3,(H,30,35)(H,33,34)/t24-;23-/m00/s1. The molecule has 0 saturated carbocycles. The number of nitrogens with zero attached hydrogens (tertiary/aromatic N) is 4. The van der Waals surface area contributed by atoms with Crippen molar-refractivity contribution in [1.29, 1.82) is 0 Å². The van der Waals surface area contributed by atoms with Crippen molar-refractivity contribution in [2.45, 2.75) is 90.5 Å². The molecule has 4 heterocycles.